The minimum Gasteiger partial charge on any atom is -0.508 e. The number of fused-ring (bicyclic) bond motifs is 1. The summed E-state index contributed by atoms with van der Waals surface area (Å²) in [6.07, 6.45) is 1.26. The molecule has 184 valence electrons. The van der Waals surface area contributed by atoms with Gasteiger partial charge in [0, 0.05) is 6.54 Å². The maximum atomic E-state index is 10.1. The van der Waals surface area contributed by atoms with Gasteiger partial charge in [-0.15, -0.1) is 0 Å². The van der Waals surface area contributed by atoms with Crippen LogP contribution in [-0.4, -0.2) is 42.8 Å². The first-order valence-corrected chi connectivity index (χ1v) is 12.1. The van der Waals surface area contributed by atoms with Crippen LogP contribution in [0.5, 0.6) is 23.0 Å². The fourth-order valence-electron chi connectivity index (χ4n) is 4.17. The molecule has 0 spiro atoms. The number of hydrogen-bond acceptors (Lipinski definition) is 6. The molecule has 0 fully saturated rings. The van der Waals surface area contributed by atoms with E-state index in [1.54, 1.807) is 12.1 Å². The van der Waals surface area contributed by atoms with Crippen molar-refractivity contribution in [1.29, 1.82) is 0 Å². The van der Waals surface area contributed by atoms with Crippen molar-refractivity contribution < 1.29 is 24.4 Å². The number of ether oxygens (including phenoxy) is 3. The van der Waals surface area contributed by atoms with Gasteiger partial charge in [0.25, 0.3) is 0 Å². The number of nitrogens with one attached hydrogen (secondary N) is 1. The molecule has 1 aliphatic rings. The van der Waals surface area contributed by atoms with Crippen LogP contribution in [0.1, 0.15) is 43.4 Å². The second-order valence-electron chi connectivity index (χ2n) is 8.52. The van der Waals surface area contributed by atoms with E-state index in [2.05, 4.69) is 25.2 Å². The van der Waals surface area contributed by atoms with E-state index in [-0.39, 0.29) is 19.1 Å². The zero-order valence-electron chi connectivity index (χ0n) is 20.3. The van der Waals surface area contributed by atoms with E-state index in [4.69, 9.17) is 14.2 Å². The molecule has 1 aliphatic heterocycles. The third kappa shape index (κ3) is 6.15. The van der Waals surface area contributed by atoms with Gasteiger partial charge in [-0.1, -0.05) is 44.2 Å². The Morgan fingerprint density at radius 1 is 0.914 bits per heavy atom. The lowest BCUT2D eigenvalue weighted by atomic mass is 9.88. The van der Waals surface area contributed by atoms with Crippen LogP contribution in [0.4, 0.5) is 0 Å². The summed E-state index contributed by atoms with van der Waals surface area (Å²) in [5, 5.41) is 23.2. The van der Waals surface area contributed by atoms with Crippen molar-refractivity contribution in [2.45, 2.75) is 32.8 Å². The highest BCUT2D eigenvalue weighted by atomic mass is 16.7. The number of allylic oxidation sites excluding steroid dienone is 1. The number of rotatable bonds is 11. The van der Waals surface area contributed by atoms with Gasteiger partial charge in [0.05, 0.1) is 0 Å². The number of aromatic hydroxyl groups is 1. The number of phenolic OH excluding ortho intramolecular Hbond substituents is 1. The first-order chi connectivity index (χ1) is 17.1. The smallest absolute Gasteiger partial charge is 0.231 e. The van der Waals surface area contributed by atoms with Gasteiger partial charge >= 0.3 is 0 Å². The molecule has 0 aromatic heterocycles. The summed E-state index contributed by atoms with van der Waals surface area (Å²) in [6, 6.07) is 21.2. The van der Waals surface area contributed by atoms with E-state index in [1.807, 2.05) is 48.5 Å². The molecule has 1 atom stereocenters. The Morgan fingerprint density at radius 2 is 1.57 bits per heavy atom. The van der Waals surface area contributed by atoms with Crippen molar-refractivity contribution in [2.24, 2.45) is 0 Å². The van der Waals surface area contributed by atoms with Crippen molar-refractivity contribution in [1.82, 2.24) is 5.32 Å². The monoisotopic (exact) mass is 475 g/mol. The van der Waals surface area contributed by atoms with Crippen molar-refractivity contribution in [3.63, 3.8) is 0 Å². The lowest BCUT2D eigenvalue weighted by Gasteiger charge is -2.18. The molecule has 0 saturated heterocycles. The predicted molar refractivity (Wildman–Crippen MR) is 138 cm³/mol. The van der Waals surface area contributed by atoms with Crippen LogP contribution in [0.2, 0.25) is 0 Å². The first kappa shape index (κ1) is 24.6. The molecular weight excluding hydrogens is 442 g/mol. The summed E-state index contributed by atoms with van der Waals surface area (Å²) in [6.45, 7) is 6.07. The third-order valence-corrected chi connectivity index (χ3v) is 5.92. The van der Waals surface area contributed by atoms with Crippen molar-refractivity contribution >= 4 is 11.1 Å². The zero-order valence-corrected chi connectivity index (χ0v) is 20.3. The number of phenols is 1. The molecule has 6 nitrogen and oxygen atoms in total. The maximum Gasteiger partial charge on any atom is 0.231 e. The number of aliphatic hydroxyl groups excluding tert-OH is 1. The topological polar surface area (TPSA) is 80.2 Å². The normalized spacial score (nSPS) is 13.9. The maximum absolute atomic E-state index is 10.1. The van der Waals surface area contributed by atoms with Gasteiger partial charge in [-0.3, -0.25) is 0 Å². The van der Waals surface area contributed by atoms with Crippen LogP contribution in [0.25, 0.3) is 11.1 Å². The fourth-order valence-corrected chi connectivity index (χ4v) is 4.17. The van der Waals surface area contributed by atoms with Crippen LogP contribution < -0.4 is 19.5 Å². The first-order valence-electron chi connectivity index (χ1n) is 12.1. The highest BCUT2D eigenvalue weighted by molar-refractivity contribution is 5.99. The Bertz CT molecular complexity index is 1140. The van der Waals surface area contributed by atoms with Gasteiger partial charge < -0.3 is 29.7 Å². The summed E-state index contributed by atoms with van der Waals surface area (Å²) in [5.41, 5.74) is 5.32. The predicted octanol–water partition coefficient (Wildman–Crippen LogP) is 5.23. The lowest BCUT2D eigenvalue weighted by molar-refractivity contribution is 0.106. The Kier molecular flexibility index (Phi) is 8.29. The molecule has 6 heteroatoms. The highest BCUT2D eigenvalue weighted by Gasteiger charge is 2.18. The summed E-state index contributed by atoms with van der Waals surface area (Å²) in [5.74, 6) is 2.43. The Hall–Kier alpha value is -3.48. The Balaban J connectivity index is 1.64. The molecule has 1 heterocycles. The van der Waals surface area contributed by atoms with Crippen molar-refractivity contribution in [3.05, 3.63) is 83.4 Å². The van der Waals surface area contributed by atoms with E-state index < -0.39 is 6.10 Å². The van der Waals surface area contributed by atoms with Crippen LogP contribution in [-0.2, 0) is 0 Å². The molecule has 0 bridgehead atoms. The highest BCUT2D eigenvalue weighted by Crippen LogP contribution is 2.40. The van der Waals surface area contributed by atoms with Gasteiger partial charge in [0.15, 0.2) is 11.5 Å². The molecule has 4 rings (SSSR count). The molecule has 35 heavy (non-hydrogen) atoms. The minimum absolute atomic E-state index is 0.227. The molecule has 0 amide bonds. The van der Waals surface area contributed by atoms with Gasteiger partial charge in [-0.25, -0.2) is 0 Å². The SMILES string of the molecule is CCCNCC(O)COc1ccc(/C(=C(/CC)c2ccc3c(c2)OCO3)c2ccc(O)cc2)cc1. The Morgan fingerprint density at radius 3 is 2.26 bits per heavy atom. The molecule has 3 aromatic carbocycles. The van der Waals surface area contributed by atoms with E-state index in [1.165, 1.54) is 0 Å². The van der Waals surface area contributed by atoms with Crippen LogP contribution in [0.15, 0.2) is 66.7 Å². The summed E-state index contributed by atoms with van der Waals surface area (Å²) >= 11 is 0. The second-order valence-corrected chi connectivity index (χ2v) is 8.52. The average Bonchev–Trinajstić information content (AvgIpc) is 3.35. The minimum atomic E-state index is -0.564. The molecule has 3 N–H and O–H groups in total. The van der Waals surface area contributed by atoms with Gasteiger partial charge in [0.1, 0.15) is 24.2 Å². The lowest BCUT2D eigenvalue weighted by Crippen LogP contribution is -2.31. The van der Waals surface area contributed by atoms with Gasteiger partial charge in [0.2, 0.25) is 6.79 Å². The van der Waals surface area contributed by atoms with E-state index >= 15 is 0 Å². The standard InChI is InChI=1S/C29H33NO5/c1-3-15-30-17-24(32)18-33-25-12-7-21(8-13-25)29(20-5-10-23(31)11-6-20)26(4-2)22-9-14-27-28(16-22)35-19-34-27/h5-14,16,24,30-32H,3-4,15,17-19H2,1-2H3/b29-26-. The molecular formula is C29H33NO5. The van der Waals surface area contributed by atoms with Crippen LogP contribution in [0.3, 0.4) is 0 Å². The quantitative estimate of drug-likeness (QED) is 0.260. The molecule has 0 radical (unpaired) electrons. The van der Waals surface area contributed by atoms with Crippen molar-refractivity contribution in [2.75, 3.05) is 26.5 Å². The second kappa shape index (κ2) is 11.8. The molecule has 1 unspecified atom stereocenters. The Labute approximate surface area is 206 Å². The fraction of sp³-hybridized carbons (Fsp3) is 0.310. The van der Waals surface area contributed by atoms with Gasteiger partial charge in [-0.2, -0.15) is 0 Å². The van der Waals surface area contributed by atoms with Gasteiger partial charge in [-0.05, 0) is 83.6 Å². The number of hydrogen-bond donors (Lipinski definition) is 3. The largest absolute Gasteiger partial charge is 0.508 e. The zero-order chi connectivity index (χ0) is 24.6. The van der Waals surface area contributed by atoms with Crippen LogP contribution >= 0.6 is 0 Å². The van der Waals surface area contributed by atoms with E-state index in [0.29, 0.717) is 12.3 Å². The van der Waals surface area contributed by atoms with Crippen LogP contribution in [0, 0.1) is 0 Å². The average molecular weight is 476 g/mol. The van der Waals surface area contributed by atoms with E-state index in [0.717, 1.165) is 58.7 Å². The van der Waals surface area contributed by atoms with E-state index in [9.17, 15) is 10.2 Å². The van der Waals surface area contributed by atoms with Crippen molar-refractivity contribution in [3.8, 4) is 23.0 Å². The molecule has 3 aromatic rings. The number of benzene rings is 3. The molecule has 0 aliphatic carbocycles. The summed E-state index contributed by atoms with van der Waals surface area (Å²) < 4.78 is 16.9. The molecule has 0 saturated carbocycles. The third-order valence-electron chi connectivity index (χ3n) is 5.92. The summed E-state index contributed by atoms with van der Waals surface area (Å²) in [7, 11) is 0. The number of aliphatic hydroxyl groups is 1. The summed E-state index contributed by atoms with van der Waals surface area (Å²) in [4.78, 5) is 0.